The van der Waals surface area contributed by atoms with Crippen LogP contribution < -0.4 is 5.73 Å². The number of aromatic nitrogens is 4. The fraction of sp³-hybridized carbons (Fsp3) is 0.125. The minimum atomic E-state index is 0.404. The molecule has 23 heavy (non-hydrogen) atoms. The van der Waals surface area contributed by atoms with Gasteiger partial charge in [0.2, 0.25) is 5.82 Å². The van der Waals surface area contributed by atoms with Crippen LogP contribution in [0.5, 0.6) is 0 Å². The zero-order valence-corrected chi connectivity index (χ0v) is 13.4. The van der Waals surface area contributed by atoms with E-state index in [0.29, 0.717) is 17.4 Å². The average molecular weight is 323 g/mol. The highest BCUT2D eigenvalue weighted by atomic mass is 32.1. The van der Waals surface area contributed by atoms with Crippen LogP contribution in [0.1, 0.15) is 11.3 Å². The molecule has 2 N–H and O–H groups in total. The van der Waals surface area contributed by atoms with Crippen molar-refractivity contribution in [1.82, 2.24) is 20.1 Å². The van der Waals surface area contributed by atoms with Crippen molar-refractivity contribution in [3.63, 3.8) is 0 Å². The summed E-state index contributed by atoms with van der Waals surface area (Å²) in [5.41, 5.74) is 9.79. The van der Waals surface area contributed by atoms with E-state index in [9.17, 15) is 0 Å². The van der Waals surface area contributed by atoms with Crippen LogP contribution in [0.15, 0.2) is 35.1 Å². The maximum atomic E-state index is 6.30. The van der Waals surface area contributed by atoms with E-state index in [1.165, 1.54) is 11.3 Å². The molecule has 4 aromatic rings. The van der Waals surface area contributed by atoms with Crippen LogP contribution in [-0.2, 0) is 0 Å². The van der Waals surface area contributed by atoms with Crippen LogP contribution in [0.2, 0.25) is 0 Å². The standard InChI is InChI=1S/C16H13N5OS/c1-8-6-9(2)19-16-11(8)12(17)13(23-16)15-20-14(21-22-15)10-4-3-5-18-7-10/h3-7H,17H2,1-2H3. The SMILES string of the molecule is Cc1cc(C)c2c(N)c(-c3nc(-c4cccnc4)no3)sc2n1. The first-order valence-electron chi connectivity index (χ1n) is 7.04. The molecule has 0 aliphatic heterocycles. The van der Waals surface area contributed by atoms with Gasteiger partial charge in [0.05, 0.1) is 5.69 Å². The molecule has 0 aromatic carbocycles. The zero-order chi connectivity index (χ0) is 16.0. The lowest BCUT2D eigenvalue weighted by Gasteiger charge is -1.99. The van der Waals surface area contributed by atoms with Crippen molar-refractivity contribution >= 4 is 27.2 Å². The largest absolute Gasteiger partial charge is 0.397 e. The Hall–Kier alpha value is -2.80. The third kappa shape index (κ3) is 2.25. The van der Waals surface area contributed by atoms with Crippen LogP contribution in [0.3, 0.4) is 0 Å². The summed E-state index contributed by atoms with van der Waals surface area (Å²) >= 11 is 1.47. The second-order valence-electron chi connectivity index (χ2n) is 5.27. The summed E-state index contributed by atoms with van der Waals surface area (Å²) in [6.45, 7) is 3.99. The van der Waals surface area contributed by atoms with Crippen molar-refractivity contribution in [3.8, 4) is 22.2 Å². The number of thiophene rings is 1. The molecular formula is C16H13N5OS. The molecule has 0 saturated carbocycles. The molecule has 0 atom stereocenters. The van der Waals surface area contributed by atoms with Crippen LogP contribution >= 0.6 is 11.3 Å². The molecule has 0 bridgehead atoms. The van der Waals surface area contributed by atoms with E-state index in [-0.39, 0.29) is 0 Å². The van der Waals surface area contributed by atoms with Crippen molar-refractivity contribution in [2.75, 3.05) is 5.73 Å². The average Bonchev–Trinajstić information content (AvgIpc) is 3.13. The first kappa shape index (κ1) is 13.8. The maximum absolute atomic E-state index is 6.30. The predicted molar refractivity (Wildman–Crippen MR) is 90.0 cm³/mol. The van der Waals surface area contributed by atoms with Gasteiger partial charge in [-0.1, -0.05) is 5.16 Å². The topological polar surface area (TPSA) is 90.7 Å². The lowest BCUT2D eigenvalue weighted by Crippen LogP contribution is -1.89. The molecule has 4 aromatic heterocycles. The van der Waals surface area contributed by atoms with Crippen molar-refractivity contribution in [3.05, 3.63) is 41.9 Å². The van der Waals surface area contributed by atoms with E-state index >= 15 is 0 Å². The molecule has 0 saturated heterocycles. The van der Waals surface area contributed by atoms with Crippen molar-refractivity contribution in [2.24, 2.45) is 0 Å². The minimum absolute atomic E-state index is 0.404. The number of rotatable bonds is 2. The fourth-order valence-electron chi connectivity index (χ4n) is 2.56. The van der Waals surface area contributed by atoms with Gasteiger partial charge in [-0.25, -0.2) is 4.98 Å². The number of pyridine rings is 2. The van der Waals surface area contributed by atoms with Gasteiger partial charge >= 0.3 is 0 Å². The summed E-state index contributed by atoms with van der Waals surface area (Å²) in [5.74, 6) is 0.896. The number of fused-ring (bicyclic) bond motifs is 1. The summed E-state index contributed by atoms with van der Waals surface area (Å²) < 4.78 is 5.40. The Kier molecular flexibility index (Phi) is 3.09. The highest BCUT2D eigenvalue weighted by Gasteiger charge is 2.20. The Morgan fingerprint density at radius 1 is 1.22 bits per heavy atom. The van der Waals surface area contributed by atoms with Gasteiger partial charge in [0.15, 0.2) is 0 Å². The zero-order valence-electron chi connectivity index (χ0n) is 12.6. The summed E-state index contributed by atoms with van der Waals surface area (Å²) in [7, 11) is 0. The van der Waals surface area contributed by atoms with Gasteiger partial charge in [-0.15, -0.1) is 11.3 Å². The van der Waals surface area contributed by atoms with E-state index in [2.05, 4.69) is 20.1 Å². The second kappa shape index (κ2) is 5.13. The number of nitrogens with zero attached hydrogens (tertiary/aromatic N) is 4. The molecule has 0 radical (unpaired) electrons. The predicted octanol–water partition coefficient (Wildman–Crippen LogP) is 3.61. The Bertz CT molecular complexity index is 1010. The Morgan fingerprint density at radius 2 is 2.09 bits per heavy atom. The van der Waals surface area contributed by atoms with E-state index in [4.69, 9.17) is 10.3 Å². The Morgan fingerprint density at radius 3 is 2.87 bits per heavy atom. The molecule has 4 heterocycles. The minimum Gasteiger partial charge on any atom is -0.397 e. The Labute approximate surface area is 136 Å². The van der Waals surface area contributed by atoms with Gasteiger partial charge in [-0.2, -0.15) is 4.98 Å². The third-order valence-electron chi connectivity index (χ3n) is 3.56. The second-order valence-corrected chi connectivity index (χ2v) is 6.27. The van der Waals surface area contributed by atoms with E-state index in [1.807, 2.05) is 32.0 Å². The number of nitrogen functional groups attached to an aromatic ring is 1. The molecule has 0 aliphatic carbocycles. The summed E-state index contributed by atoms with van der Waals surface area (Å²) in [5, 5.41) is 4.97. The van der Waals surface area contributed by atoms with Crippen LogP contribution in [0.4, 0.5) is 5.69 Å². The van der Waals surface area contributed by atoms with Gasteiger partial charge in [0.25, 0.3) is 5.89 Å². The molecule has 0 amide bonds. The third-order valence-corrected chi connectivity index (χ3v) is 4.65. The molecule has 7 heteroatoms. The lowest BCUT2D eigenvalue weighted by molar-refractivity contribution is 0.433. The molecule has 0 spiro atoms. The molecule has 4 rings (SSSR count). The number of anilines is 1. The lowest BCUT2D eigenvalue weighted by atomic mass is 10.1. The monoisotopic (exact) mass is 323 g/mol. The van der Waals surface area contributed by atoms with Gasteiger partial charge in [0.1, 0.15) is 9.71 Å². The van der Waals surface area contributed by atoms with Crippen molar-refractivity contribution < 1.29 is 4.52 Å². The van der Waals surface area contributed by atoms with E-state index in [1.54, 1.807) is 12.4 Å². The highest BCUT2D eigenvalue weighted by Crippen LogP contribution is 2.41. The molecule has 6 nitrogen and oxygen atoms in total. The summed E-state index contributed by atoms with van der Waals surface area (Å²) in [6.07, 6.45) is 3.39. The summed E-state index contributed by atoms with van der Waals surface area (Å²) in [6, 6.07) is 5.73. The fourth-order valence-corrected chi connectivity index (χ4v) is 3.69. The van der Waals surface area contributed by atoms with Gasteiger partial charge in [-0.3, -0.25) is 4.98 Å². The quantitative estimate of drug-likeness (QED) is 0.606. The van der Waals surface area contributed by atoms with Crippen molar-refractivity contribution in [2.45, 2.75) is 13.8 Å². The van der Waals surface area contributed by atoms with Gasteiger partial charge in [0, 0.05) is 29.0 Å². The first-order chi connectivity index (χ1) is 11.1. The molecule has 0 fully saturated rings. The van der Waals surface area contributed by atoms with Crippen LogP contribution in [0.25, 0.3) is 32.4 Å². The van der Waals surface area contributed by atoms with E-state index in [0.717, 1.165) is 31.9 Å². The number of hydrogen-bond acceptors (Lipinski definition) is 7. The smallest absolute Gasteiger partial charge is 0.270 e. The molecular weight excluding hydrogens is 310 g/mol. The molecule has 114 valence electrons. The van der Waals surface area contributed by atoms with E-state index < -0.39 is 0 Å². The molecule has 0 unspecified atom stereocenters. The van der Waals surface area contributed by atoms with Gasteiger partial charge in [-0.05, 0) is 37.6 Å². The van der Waals surface area contributed by atoms with Crippen LogP contribution in [-0.4, -0.2) is 20.1 Å². The molecule has 0 aliphatic rings. The number of nitrogens with two attached hydrogens (primary N) is 1. The maximum Gasteiger partial charge on any atom is 0.270 e. The highest BCUT2D eigenvalue weighted by molar-refractivity contribution is 7.22. The van der Waals surface area contributed by atoms with Crippen LogP contribution in [0, 0.1) is 13.8 Å². The van der Waals surface area contributed by atoms with Crippen molar-refractivity contribution in [1.29, 1.82) is 0 Å². The first-order valence-corrected chi connectivity index (χ1v) is 7.86. The van der Waals surface area contributed by atoms with Gasteiger partial charge < -0.3 is 10.3 Å². The normalized spacial score (nSPS) is 11.2. The number of hydrogen-bond donors (Lipinski definition) is 1. The number of aryl methyl sites for hydroxylation is 2. The Balaban J connectivity index is 1.86. The summed E-state index contributed by atoms with van der Waals surface area (Å²) in [4.78, 5) is 14.7.